The van der Waals surface area contributed by atoms with E-state index in [2.05, 4.69) is 11.0 Å². The summed E-state index contributed by atoms with van der Waals surface area (Å²) in [5, 5.41) is 1.04. The second kappa shape index (κ2) is 6.84. The number of carbonyl (C=O) groups is 1. The molecular weight excluding hydrogens is 324 g/mol. The standard InChI is InChI=1S/C17H24N4O2S/c1-19(2)17(22)20(3)12-8-10-21(11-9-12)16-18-15-13(23-4)6-5-7-14(15)24-16/h5-7,12H,8-11H2,1-4H3. The number of para-hydroxylation sites is 1. The van der Waals surface area contributed by atoms with Crippen LogP contribution in [0, 0.1) is 0 Å². The topological polar surface area (TPSA) is 48.9 Å². The summed E-state index contributed by atoms with van der Waals surface area (Å²) in [6.45, 7) is 1.83. The molecule has 0 saturated carbocycles. The number of rotatable bonds is 3. The highest BCUT2D eigenvalue weighted by Gasteiger charge is 2.27. The van der Waals surface area contributed by atoms with E-state index in [0.717, 1.165) is 47.0 Å². The van der Waals surface area contributed by atoms with Crippen LogP contribution in [0.2, 0.25) is 0 Å². The lowest BCUT2D eigenvalue weighted by molar-refractivity contribution is 0.155. The first-order chi connectivity index (χ1) is 11.5. The molecule has 1 fully saturated rings. The van der Waals surface area contributed by atoms with E-state index >= 15 is 0 Å². The Bertz CT molecular complexity index is 722. The normalized spacial score (nSPS) is 15.6. The van der Waals surface area contributed by atoms with Crippen LogP contribution in [0.1, 0.15) is 12.8 Å². The van der Waals surface area contributed by atoms with Gasteiger partial charge in [-0.1, -0.05) is 17.4 Å². The highest BCUT2D eigenvalue weighted by molar-refractivity contribution is 7.22. The van der Waals surface area contributed by atoms with E-state index in [9.17, 15) is 4.79 Å². The molecule has 1 aromatic carbocycles. The van der Waals surface area contributed by atoms with Crippen LogP contribution in [-0.2, 0) is 0 Å². The number of nitrogens with zero attached hydrogens (tertiary/aromatic N) is 4. The minimum absolute atomic E-state index is 0.0678. The summed E-state index contributed by atoms with van der Waals surface area (Å²) in [6, 6.07) is 6.38. The van der Waals surface area contributed by atoms with E-state index in [-0.39, 0.29) is 6.03 Å². The average Bonchev–Trinajstić information content (AvgIpc) is 3.04. The van der Waals surface area contributed by atoms with Crippen molar-refractivity contribution in [3.8, 4) is 5.75 Å². The van der Waals surface area contributed by atoms with Crippen molar-refractivity contribution in [3.63, 3.8) is 0 Å². The predicted molar refractivity (Wildman–Crippen MR) is 98.3 cm³/mol. The third-order valence-corrected chi connectivity index (χ3v) is 5.64. The van der Waals surface area contributed by atoms with Crippen molar-refractivity contribution in [1.82, 2.24) is 14.8 Å². The molecule has 1 aliphatic rings. The second-order valence-corrected chi connectivity index (χ2v) is 7.32. The highest BCUT2D eigenvalue weighted by Crippen LogP contribution is 2.35. The maximum absolute atomic E-state index is 12.1. The molecule has 0 radical (unpaired) electrons. The maximum atomic E-state index is 12.1. The van der Waals surface area contributed by atoms with Gasteiger partial charge in [-0.3, -0.25) is 0 Å². The number of thiazole rings is 1. The van der Waals surface area contributed by atoms with Crippen LogP contribution in [0.25, 0.3) is 10.2 Å². The summed E-state index contributed by atoms with van der Waals surface area (Å²) in [4.78, 5) is 22.7. The van der Waals surface area contributed by atoms with Gasteiger partial charge in [-0.25, -0.2) is 9.78 Å². The van der Waals surface area contributed by atoms with Crippen molar-refractivity contribution in [2.45, 2.75) is 18.9 Å². The molecule has 2 heterocycles. The van der Waals surface area contributed by atoms with Crippen molar-refractivity contribution in [2.24, 2.45) is 0 Å². The van der Waals surface area contributed by atoms with Gasteiger partial charge in [0.25, 0.3) is 0 Å². The second-order valence-electron chi connectivity index (χ2n) is 6.31. The van der Waals surface area contributed by atoms with Gasteiger partial charge in [0.05, 0.1) is 11.8 Å². The van der Waals surface area contributed by atoms with Crippen LogP contribution in [0.4, 0.5) is 9.93 Å². The largest absolute Gasteiger partial charge is 0.494 e. The number of fused-ring (bicyclic) bond motifs is 1. The molecule has 1 aromatic heterocycles. The van der Waals surface area contributed by atoms with Crippen LogP contribution in [-0.4, -0.2) is 68.2 Å². The SMILES string of the molecule is COc1cccc2sc(N3CCC(N(C)C(=O)N(C)C)CC3)nc12. The zero-order valence-corrected chi connectivity index (χ0v) is 15.5. The van der Waals surface area contributed by atoms with Gasteiger partial charge in [0.1, 0.15) is 11.3 Å². The zero-order chi connectivity index (χ0) is 17.3. The van der Waals surface area contributed by atoms with E-state index < -0.39 is 0 Å². The van der Waals surface area contributed by atoms with Crippen molar-refractivity contribution in [1.29, 1.82) is 0 Å². The van der Waals surface area contributed by atoms with E-state index in [1.165, 1.54) is 0 Å². The molecule has 1 aliphatic heterocycles. The zero-order valence-electron chi connectivity index (χ0n) is 14.7. The molecule has 24 heavy (non-hydrogen) atoms. The Balaban J connectivity index is 1.70. The third kappa shape index (κ3) is 3.13. The van der Waals surface area contributed by atoms with Gasteiger partial charge in [0.2, 0.25) is 0 Å². The Morgan fingerprint density at radius 2 is 2.00 bits per heavy atom. The molecule has 1 saturated heterocycles. The molecule has 0 bridgehead atoms. The molecule has 7 heteroatoms. The smallest absolute Gasteiger partial charge is 0.319 e. The van der Waals surface area contributed by atoms with Crippen LogP contribution < -0.4 is 9.64 Å². The number of benzene rings is 1. The molecule has 130 valence electrons. The summed E-state index contributed by atoms with van der Waals surface area (Å²) < 4.78 is 6.55. The average molecular weight is 348 g/mol. The first-order valence-electron chi connectivity index (χ1n) is 8.14. The van der Waals surface area contributed by atoms with Gasteiger partial charge in [-0.05, 0) is 25.0 Å². The Morgan fingerprint density at radius 3 is 2.62 bits per heavy atom. The quantitative estimate of drug-likeness (QED) is 0.856. The maximum Gasteiger partial charge on any atom is 0.319 e. The number of carbonyl (C=O) groups excluding carboxylic acids is 1. The number of urea groups is 1. The number of ether oxygens (including phenoxy) is 1. The van der Waals surface area contributed by atoms with Crippen LogP contribution >= 0.6 is 11.3 Å². The molecule has 0 spiro atoms. The van der Waals surface area contributed by atoms with Gasteiger partial charge in [-0.2, -0.15) is 0 Å². The molecule has 0 unspecified atom stereocenters. The number of anilines is 1. The van der Waals surface area contributed by atoms with Crippen molar-refractivity contribution < 1.29 is 9.53 Å². The Hall–Kier alpha value is -2.02. The molecule has 6 nitrogen and oxygen atoms in total. The van der Waals surface area contributed by atoms with Gasteiger partial charge in [0.15, 0.2) is 5.13 Å². The Labute approximate surface area is 146 Å². The van der Waals surface area contributed by atoms with E-state index in [1.807, 2.05) is 24.1 Å². The van der Waals surface area contributed by atoms with Gasteiger partial charge in [-0.15, -0.1) is 0 Å². The summed E-state index contributed by atoms with van der Waals surface area (Å²) in [6.07, 6.45) is 1.92. The molecule has 2 amide bonds. The van der Waals surface area contributed by atoms with Crippen LogP contribution in [0.3, 0.4) is 0 Å². The number of hydrogen-bond donors (Lipinski definition) is 0. The summed E-state index contributed by atoms with van der Waals surface area (Å²) in [7, 11) is 7.16. The van der Waals surface area contributed by atoms with Gasteiger partial charge >= 0.3 is 6.03 Å². The number of aromatic nitrogens is 1. The lowest BCUT2D eigenvalue weighted by Gasteiger charge is -2.37. The van der Waals surface area contributed by atoms with E-state index in [4.69, 9.17) is 9.72 Å². The highest BCUT2D eigenvalue weighted by atomic mass is 32.1. The molecular formula is C17H24N4O2S. The van der Waals surface area contributed by atoms with E-state index in [0.29, 0.717) is 6.04 Å². The van der Waals surface area contributed by atoms with Crippen LogP contribution in [0.5, 0.6) is 5.75 Å². The molecule has 2 aromatic rings. The summed E-state index contributed by atoms with van der Waals surface area (Å²) in [5.41, 5.74) is 0.932. The molecule has 0 aliphatic carbocycles. The lowest BCUT2D eigenvalue weighted by atomic mass is 10.0. The summed E-state index contributed by atoms with van der Waals surface area (Å²) >= 11 is 1.70. The van der Waals surface area contributed by atoms with Crippen LogP contribution in [0.15, 0.2) is 18.2 Å². The number of piperidine rings is 1. The van der Waals surface area contributed by atoms with E-state index in [1.54, 1.807) is 37.4 Å². The predicted octanol–water partition coefficient (Wildman–Crippen LogP) is 2.89. The first-order valence-corrected chi connectivity index (χ1v) is 8.95. The third-order valence-electron chi connectivity index (χ3n) is 4.56. The molecule has 0 N–H and O–H groups in total. The fourth-order valence-corrected chi connectivity index (χ4v) is 4.16. The van der Waals surface area contributed by atoms with Crippen molar-refractivity contribution >= 4 is 32.7 Å². The number of amides is 2. The number of hydrogen-bond acceptors (Lipinski definition) is 5. The van der Waals surface area contributed by atoms with Gasteiger partial charge < -0.3 is 19.4 Å². The molecule has 0 atom stereocenters. The van der Waals surface area contributed by atoms with Crippen molar-refractivity contribution in [3.05, 3.63) is 18.2 Å². The minimum Gasteiger partial charge on any atom is -0.494 e. The monoisotopic (exact) mass is 348 g/mol. The van der Waals surface area contributed by atoms with Gasteiger partial charge in [0, 0.05) is 40.3 Å². The Morgan fingerprint density at radius 1 is 1.29 bits per heavy atom. The Kier molecular flexibility index (Phi) is 4.80. The minimum atomic E-state index is 0.0678. The summed E-state index contributed by atoms with van der Waals surface area (Å²) in [5.74, 6) is 0.821. The molecule has 3 rings (SSSR count). The fraction of sp³-hybridized carbons (Fsp3) is 0.529. The van der Waals surface area contributed by atoms with Crippen molar-refractivity contribution in [2.75, 3.05) is 46.2 Å². The lowest BCUT2D eigenvalue weighted by Crippen LogP contribution is -2.48. The fourth-order valence-electron chi connectivity index (χ4n) is 3.13. The number of methoxy groups -OCH3 is 1. The first kappa shape index (κ1) is 16.8.